The molecule has 2 bridgehead atoms. The van der Waals surface area contributed by atoms with Gasteiger partial charge in [0.1, 0.15) is 19.4 Å². The van der Waals surface area contributed by atoms with E-state index < -0.39 is 19.1 Å². The molecule has 2 aliphatic rings. The summed E-state index contributed by atoms with van der Waals surface area (Å²) in [6.07, 6.45) is 6.49. The maximum Gasteiger partial charge on any atom is 0.411 e. The van der Waals surface area contributed by atoms with Gasteiger partial charge in [0, 0.05) is 11.8 Å². The van der Waals surface area contributed by atoms with Gasteiger partial charge in [-0.15, -0.1) is 5.54 Å². The quantitative estimate of drug-likeness (QED) is 0.393. The fourth-order valence-electron chi connectivity index (χ4n) is 3.91. The lowest BCUT2D eigenvalue weighted by Crippen LogP contribution is -2.53. The zero-order chi connectivity index (χ0) is 21.4. The first-order valence-electron chi connectivity index (χ1n) is 10.0. The SMILES string of the molecule is CC(C)(C)OC(=O)N1C2C=CC1CC(C#N)(c1cccnc1C#C[Si](C)(C)C)C2. The summed E-state index contributed by atoms with van der Waals surface area (Å²) in [5.41, 5.74) is 3.64. The highest BCUT2D eigenvalue weighted by molar-refractivity contribution is 6.83. The molecule has 1 aromatic heterocycles. The Bertz CT molecular complexity index is 922. The van der Waals surface area contributed by atoms with Gasteiger partial charge in [0.05, 0.1) is 23.6 Å². The Morgan fingerprint density at radius 1 is 1.28 bits per heavy atom. The van der Waals surface area contributed by atoms with Crippen LogP contribution in [0.1, 0.15) is 44.9 Å². The first kappa shape index (κ1) is 21.1. The molecule has 0 spiro atoms. The average molecular weight is 408 g/mol. The van der Waals surface area contributed by atoms with E-state index in [4.69, 9.17) is 4.74 Å². The summed E-state index contributed by atoms with van der Waals surface area (Å²) >= 11 is 0. The van der Waals surface area contributed by atoms with Gasteiger partial charge in [0.25, 0.3) is 0 Å². The van der Waals surface area contributed by atoms with Gasteiger partial charge in [0.2, 0.25) is 0 Å². The first-order valence-corrected chi connectivity index (χ1v) is 13.5. The van der Waals surface area contributed by atoms with Gasteiger partial charge in [-0.05, 0) is 39.7 Å². The van der Waals surface area contributed by atoms with E-state index in [1.165, 1.54) is 0 Å². The maximum absolute atomic E-state index is 12.7. The van der Waals surface area contributed by atoms with Crippen molar-refractivity contribution in [1.29, 1.82) is 5.26 Å². The summed E-state index contributed by atoms with van der Waals surface area (Å²) in [6.45, 7) is 12.2. The second-order valence-corrected chi connectivity index (χ2v) is 14.7. The van der Waals surface area contributed by atoms with Crippen LogP contribution < -0.4 is 0 Å². The highest BCUT2D eigenvalue weighted by Crippen LogP contribution is 2.45. The number of pyridine rings is 1. The number of nitriles is 1. The Morgan fingerprint density at radius 2 is 1.90 bits per heavy atom. The lowest BCUT2D eigenvalue weighted by Gasteiger charge is -2.43. The average Bonchev–Trinajstić information content (AvgIpc) is 2.89. The zero-order valence-corrected chi connectivity index (χ0v) is 19.1. The van der Waals surface area contributed by atoms with E-state index in [1.807, 2.05) is 45.1 Å². The number of carbonyl (C=O) groups is 1. The minimum Gasteiger partial charge on any atom is -0.444 e. The number of rotatable bonds is 1. The van der Waals surface area contributed by atoms with Crippen LogP contribution in [0.25, 0.3) is 0 Å². The van der Waals surface area contributed by atoms with Crippen LogP contribution in [0.15, 0.2) is 30.5 Å². The number of hydrogen-bond acceptors (Lipinski definition) is 4. The van der Waals surface area contributed by atoms with Crippen molar-refractivity contribution in [3.05, 3.63) is 41.7 Å². The molecule has 1 fully saturated rings. The molecule has 3 heterocycles. The van der Waals surface area contributed by atoms with Gasteiger partial charge < -0.3 is 4.74 Å². The topological polar surface area (TPSA) is 66.2 Å². The summed E-state index contributed by atoms with van der Waals surface area (Å²) in [5, 5.41) is 10.2. The van der Waals surface area contributed by atoms with Gasteiger partial charge in [-0.2, -0.15) is 5.26 Å². The largest absolute Gasteiger partial charge is 0.444 e. The molecular formula is C23H29N3O2Si. The van der Waals surface area contributed by atoms with E-state index in [-0.39, 0.29) is 18.2 Å². The van der Waals surface area contributed by atoms with Gasteiger partial charge in [-0.25, -0.2) is 9.78 Å². The standard InChI is InChI=1S/C23H29N3O2Si/c1-22(2,3)28-21(27)26-17-9-10-18(26)15-23(14-17,16-24)19-8-7-12-25-20(19)11-13-29(4,5)6/h7-10,12,17-18H,14-15H2,1-6H3. The van der Waals surface area contributed by atoms with Crippen LogP contribution in [0.3, 0.4) is 0 Å². The summed E-state index contributed by atoms with van der Waals surface area (Å²) in [7, 11) is -1.58. The molecule has 0 aliphatic carbocycles. The lowest BCUT2D eigenvalue weighted by atomic mass is 9.70. The van der Waals surface area contributed by atoms with Crippen LogP contribution in [0, 0.1) is 22.8 Å². The van der Waals surface area contributed by atoms with Crippen LogP contribution in [0.2, 0.25) is 19.6 Å². The molecule has 2 aliphatic heterocycles. The number of amides is 1. The molecule has 1 saturated heterocycles. The number of hydrogen-bond donors (Lipinski definition) is 0. The number of aromatic nitrogens is 1. The summed E-state index contributed by atoms with van der Waals surface area (Å²) in [4.78, 5) is 19.0. The fraction of sp³-hybridized carbons (Fsp3) is 0.522. The predicted molar refractivity (Wildman–Crippen MR) is 116 cm³/mol. The van der Waals surface area contributed by atoms with Gasteiger partial charge in [-0.3, -0.25) is 4.90 Å². The number of fused-ring (bicyclic) bond motifs is 2. The third-order valence-electron chi connectivity index (χ3n) is 5.08. The van der Waals surface area contributed by atoms with Gasteiger partial charge in [0.15, 0.2) is 0 Å². The summed E-state index contributed by atoms with van der Waals surface area (Å²) < 4.78 is 5.60. The third-order valence-corrected chi connectivity index (χ3v) is 5.96. The smallest absolute Gasteiger partial charge is 0.411 e. The number of ether oxygens (including phenoxy) is 1. The maximum atomic E-state index is 12.7. The number of nitrogens with zero attached hydrogens (tertiary/aromatic N) is 3. The molecule has 29 heavy (non-hydrogen) atoms. The molecule has 0 radical (unpaired) electrons. The molecular weight excluding hydrogens is 378 g/mol. The Kier molecular flexibility index (Phi) is 5.36. The predicted octanol–water partition coefficient (Wildman–Crippen LogP) is 4.41. The van der Waals surface area contributed by atoms with E-state index in [2.05, 4.69) is 42.2 Å². The van der Waals surface area contributed by atoms with E-state index in [0.717, 1.165) is 5.56 Å². The van der Waals surface area contributed by atoms with Crippen LogP contribution in [-0.2, 0) is 10.2 Å². The van der Waals surface area contributed by atoms with Crippen LogP contribution in [0.5, 0.6) is 0 Å². The molecule has 0 N–H and O–H groups in total. The highest BCUT2D eigenvalue weighted by Gasteiger charge is 2.50. The molecule has 3 rings (SSSR count). The van der Waals surface area contributed by atoms with Crippen molar-refractivity contribution in [3.63, 3.8) is 0 Å². The van der Waals surface area contributed by atoms with Crippen molar-refractivity contribution in [2.45, 2.75) is 76.4 Å². The first-order chi connectivity index (χ1) is 13.4. The normalized spacial score (nSPS) is 25.8. The van der Waals surface area contributed by atoms with Crippen molar-refractivity contribution in [1.82, 2.24) is 9.88 Å². The van der Waals surface area contributed by atoms with E-state index in [9.17, 15) is 10.1 Å². The van der Waals surface area contributed by atoms with E-state index in [1.54, 1.807) is 11.1 Å². The number of carbonyl (C=O) groups excluding carboxylic acids is 1. The third kappa shape index (κ3) is 4.54. The van der Waals surface area contributed by atoms with Crippen molar-refractivity contribution in [2.75, 3.05) is 0 Å². The molecule has 1 amide bonds. The Hall–Kier alpha value is -2.57. The second-order valence-electron chi connectivity index (χ2n) is 9.91. The Morgan fingerprint density at radius 3 is 2.41 bits per heavy atom. The minimum absolute atomic E-state index is 0.166. The van der Waals surface area contributed by atoms with Crippen LogP contribution in [-0.4, -0.2) is 41.7 Å². The van der Waals surface area contributed by atoms with Gasteiger partial charge in [-0.1, -0.05) is 43.8 Å². The fourth-order valence-corrected chi connectivity index (χ4v) is 4.41. The van der Waals surface area contributed by atoms with E-state index >= 15 is 0 Å². The molecule has 6 heteroatoms. The molecule has 1 aromatic rings. The summed E-state index contributed by atoms with van der Waals surface area (Å²) in [5.74, 6) is 3.25. The van der Waals surface area contributed by atoms with Crippen molar-refractivity contribution in [3.8, 4) is 17.5 Å². The number of piperidine rings is 1. The Labute approximate surface area is 174 Å². The van der Waals surface area contributed by atoms with Crippen molar-refractivity contribution in [2.24, 2.45) is 0 Å². The minimum atomic E-state index is -1.58. The highest BCUT2D eigenvalue weighted by atomic mass is 28.3. The van der Waals surface area contributed by atoms with Crippen molar-refractivity contribution < 1.29 is 9.53 Å². The lowest BCUT2D eigenvalue weighted by molar-refractivity contribution is 0.00562. The molecule has 2 unspecified atom stereocenters. The Balaban J connectivity index is 1.94. The monoisotopic (exact) mass is 407 g/mol. The second kappa shape index (κ2) is 7.35. The van der Waals surface area contributed by atoms with Crippen LogP contribution >= 0.6 is 0 Å². The van der Waals surface area contributed by atoms with Crippen LogP contribution in [0.4, 0.5) is 4.79 Å². The molecule has 2 atom stereocenters. The van der Waals surface area contributed by atoms with Gasteiger partial charge >= 0.3 is 6.09 Å². The summed E-state index contributed by atoms with van der Waals surface area (Å²) in [6, 6.07) is 6.06. The molecule has 0 aromatic carbocycles. The molecule has 0 saturated carbocycles. The molecule has 152 valence electrons. The van der Waals surface area contributed by atoms with Crippen molar-refractivity contribution >= 4 is 14.2 Å². The van der Waals surface area contributed by atoms with E-state index in [0.29, 0.717) is 18.5 Å². The molecule has 5 nitrogen and oxygen atoms in total. The zero-order valence-electron chi connectivity index (χ0n) is 18.1.